The van der Waals surface area contributed by atoms with Crippen molar-refractivity contribution in [1.82, 2.24) is 0 Å². The van der Waals surface area contributed by atoms with E-state index in [1.807, 2.05) is 31.2 Å². The molecule has 18 heavy (non-hydrogen) atoms. The van der Waals surface area contributed by atoms with Crippen molar-refractivity contribution in [3.63, 3.8) is 0 Å². The Hall–Kier alpha value is -0.780. The molecule has 0 bridgehead atoms. The fourth-order valence-corrected chi connectivity index (χ4v) is 2.80. The first-order chi connectivity index (χ1) is 8.63. The Morgan fingerprint density at radius 3 is 2.61 bits per heavy atom. The van der Waals surface area contributed by atoms with E-state index >= 15 is 0 Å². The average molecular weight is 375 g/mol. The van der Waals surface area contributed by atoms with Gasteiger partial charge in [0.05, 0.1) is 18.9 Å². The van der Waals surface area contributed by atoms with E-state index in [4.69, 9.17) is 14.9 Å². The van der Waals surface area contributed by atoms with E-state index in [0.717, 1.165) is 21.3 Å². The first-order valence-corrected chi connectivity index (χ1v) is 7.12. The highest BCUT2D eigenvalue weighted by Crippen LogP contribution is 2.33. The van der Waals surface area contributed by atoms with Gasteiger partial charge < -0.3 is 14.9 Å². The number of rotatable bonds is 4. The molecule has 0 radical (unpaired) electrons. The quantitative estimate of drug-likeness (QED) is 0.870. The van der Waals surface area contributed by atoms with Crippen molar-refractivity contribution in [2.75, 3.05) is 6.61 Å². The molecule has 2 N–H and O–H groups in total. The molecule has 1 heterocycles. The number of benzene rings is 1. The molecular formula is C13H13Br2NO2. The van der Waals surface area contributed by atoms with Gasteiger partial charge in [-0.25, -0.2) is 0 Å². The van der Waals surface area contributed by atoms with Crippen LogP contribution in [-0.2, 0) is 0 Å². The normalized spacial score (nSPS) is 12.4. The first kappa shape index (κ1) is 13.6. The van der Waals surface area contributed by atoms with Gasteiger partial charge in [-0.3, -0.25) is 0 Å². The summed E-state index contributed by atoms with van der Waals surface area (Å²) in [6.45, 7) is 2.60. The highest BCUT2D eigenvalue weighted by atomic mass is 79.9. The number of furan rings is 1. The highest BCUT2D eigenvalue weighted by Gasteiger charge is 2.17. The third-order valence-electron chi connectivity index (χ3n) is 2.60. The van der Waals surface area contributed by atoms with Gasteiger partial charge in [0.25, 0.3) is 0 Å². The van der Waals surface area contributed by atoms with Gasteiger partial charge in [0, 0.05) is 10.0 Å². The second kappa shape index (κ2) is 5.91. The number of nitrogens with two attached hydrogens (primary N) is 1. The minimum Gasteiger partial charge on any atom is -0.494 e. The van der Waals surface area contributed by atoms with E-state index in [-0.39, 0.29) is 6.04 Å². The summed E-state index contributed by atoms with van der Waals surface area (Å²) in [5, 5.41) is 0. The lowest BCUT2D eigenvalue weighted by Gasteiger charge is -2.14. The van der Waals surface area contributed by atoms with Gasteiger partial charge in [0.15, 0.2) is 4.67 Å². The Labute approximate surface area is 123 Å². The fourth-order valence-electron chi connectivity index (χ4n) is 1.71. The van der Waals surface area contributed by atoms with Crippen LogP contribution in [0.4, 0.5) is 0 Å². The molecule has 0 fully saturated rings. The Kier molecular flexibility index (Phi) is 4.48. The highest BCUT2D eigenvalue weighted by molar-refractivity contribution is 9.10. The predicted molar refractivity (Wildman–Crippen MR) is 77.7 cm³/mol. The van der Waals surface area contributed by atoms with Crippen LogP contribution in [0.25, 0.3) is 0 Å². The van der Waals surface area contributed by atoms with Crippen LogP contribution in [0.3, 0.4) is 0 Å². The van der Waals surface area contributed by atoms with E-state index in [2.05, 4.69) is 31.9 Å². The molecule has 3 nitrogen and oxygen atoms in total. The lowest BCUT2D eigenvalue weighted by molar-refractivity contribution is 0.340. The van der Waals surface area contributed by atoms with Crippen LogP contribution < -0.4 is 10.5 Å². The van der Waals surface area contributed by atoms with Crippen LogP contribution in [-0.4, -0.2) is 6.61 Å². The van der Waals surface area contributed by atoms with Crippen LogP contribution in [0.2, 0.25) is 0 Å². The van der Waals surface area contributed by atoms with Gasteiger partial charge >= 0.3 is 0 Å². The van der Waals surface area contributed by atoms with Crippen LogP contribution in [0.5, 0.6) is 5.75 Å². The lowest BCUT2D eigenvalue weighted by Crippen LogP contribution is -2.12. The molecule has 1 unspecified atom stereocenters. The summed E-state index contributed by atoms with van der Waals surface area (Å²) in [6.07, 6.45) is 1.61. The SMILES string of the molecule is CCOc1ccc(C(N)c2ccoc2Br)c(Br)c1. The maximum atomic E-state index is 6.23. The summed E-state index contributed by atoms with van der Waals surface area (Å²) in [5.41, 5.74) is 8.13. The molecule has 5 heteroatoms. The minimum atomic E-state index is -0.247. The zero-order valence-electron chi connectivity index (χ0n) is 9.82. The Morgan fingerprint density at radius 2 is 2.06 bits per heavy atom. The molecule has 0 aliphatic carbocycles. The van der Waals surface area contributed by atoms with Crippen molar-refractivity contribution in [1.29, 1.82) is 0 Å². The van der Waals surface area contributed by atoms with Gasteiger partial charge in [-0.05, 0) is 46.6 Å². The zero-order chi connectivity index (χ0) is 13.1. The van der Waals surface area contributed by atoms with E-state index in [9.17, 15) is 0 Å². The molecule has 1 aromatic carbocycles. The monoisotopic (exact) mass is 373 g/mol. The largest absolute Gasteiger partial charge is 0.494 e. The van der Waals surface area contributed by atoms with Crippen molar-refractivity contribution in [3.8, 4) is 5.75 Å². The Morgan fingerprint density at radius 1 is 1.28 bits per heavy atom. The Bertz CT molecular complexity index is 540. The minimum absolute atomic E-state index is 0.247. The zero-order valence-corrected chi connectivity index (χ0v) is 13.0. The van der Waals surface area contributed by atoms with Crippen LogP contribution in [0.15, 0.2) is 44.1 Å². The molecule has 0 aliphatic rings. The standard InChI is InChI=1S/C13H13Br2NO2/c1-2-17-8-3-4-9(11(14)7-8)12(16)10-5-6-18-13(10)15/h3-7,12H,2,16H2,1H3. The second-order valence-electron chi connectivity index (χ2n) is 3.74. The predicted octanol–water partition coefficient (Wildman–Crippen LogP) is 4.25. The molecule has 96 valence electrons. The average Bonchev–Trinajstić information content (AvgIpc) is 2.75. The molecular weight excluding hydrogens is 362 g/mol. The molecule has 0 saturated heterocycles. The molecule has 0 spiro atoms. The van der Waals surface area contributed by atoms with Crippen LogP contribution >= 0.6 is 31.9 Å². The summed E-state index contributed by atoms with van der Waals surface area (Å²) < 4.78 is 12.2. The third-order valence-corrected chi connectivity index (χ3v) is 3.93. The van der Waals surface area contributed by atoms with E-state index < -0.39 is 0 Å². The smallest absolute Gasteiger partial charge is 0.174 e. The number of hydrogen-bond acceptors (Lipinski definition) is 3. The van der Waals surface area contributed by atoms with E-state index in [1.54, 1.807) is 6.26 Å². The van der Waals surface area contributed by atoms with Crippen molar-refractivity contribution >= 4 is 31.9 Å². The van der Waals surface area contributed by atoms with Crippen molar-refractivity contribution in [2.24, 2.45) is 5.73 Å². The molecule has 0 amide bonds. The molecule has 0 aliphatic heterocycles. The Balaban J connectivity index is 2.31. The number of hydrogen-bond donors (Lipinski definition) is 1. The van der Waals surface area contributed by atoms with Crippen LogP contribution in [0, 0.1) is 0 Å². The van der Waals surface area contributed by atoms with Crippen molar-refractivity contribution < 1.29 is 9.15 Å². The third kappa shape index (κ3) is 2.79. The van der Waals surface area contributed by atoms with E-state index in [1.165, 1.54) is 0 Å². The van der Waals surface area contributed by atoms with Gasteiger partial charge in [-0.1, -0.05) is 22.0 Å². The maximum absolute atomic E-state index is 6.23. The fraction of sp³-hybridized carbons (Fsp3) is 0.231. The summed E-state index contributed by atoms with van der Waals surface area (Å²) in [4.78, 5) is 0. The molecule has 1 atom stereocenters. The van der Waals surface area contributed by atoms with Gasteiger partial charge in [-0.2, -0.15) is 0 Å². The van der Waals surface area contributed by atoms with E-state index in [0.29, 0.717) is 11.3 Å². The molecule has 0 saturated carbocycles. The summed E-state index contributed by atoms with van der Waals surface area (Å²) in [5.74, 6) is 0.826. The topological polar surface area (TPSA) is 48.4 Å². The summed E-state index contributed by atoms with van der Waals surface area (Å²) >= 11 is 6.86. The number of halogens is 2. The second-order valence-corrected chi connectivity index (χ2v) is 5.32. The summed E-state index contributed by atoms with van der Waals surface area (Å²) in [7, 11) is 0. The van der Waals surface area contributed by atoms with Gasteiger partial charge in [0.2, 0.25) is 0 Å². The van der Waals surface area contributed by atoms with Gasteiger partial charge in [-0.15, -0.1) is 0 Å². The maximum Gasteiger partial charge on any atom is 0.174 e. The molecule has 2 rings (SSSR count). The molecule has 2 aromatic rings. The van der Waals surface area contributed by atoms with Crippen LogP contribution in [0.1, 0.15) is 24.1 Å². The lowest BCUT2D eigenvalue weighted by atomic mass is 10.0. The first-order valence-electron chi connectivity index (χ1n) is 5.54. The van der Waals surface area contributed by atoms with Crippen molar-refractivity contribution in [2.45, 2.75) is 13.0 Å². The van der Waals surface area contributed by atoms with Gasteiger partial charge in [0.1, 0.15) is 5.75 Å². The van der Waals surface area contributed by atoms with Crippen molar-refractivity contribution in [3.05, 3.63) is 50.8 Å². The number of ether oxygens (including phenoxy) is 1. The molecule has 1 aromatic heterocycles. The summed E-state index contributed by atoms with van der Waals surface area (Å²) in [6, 6.07) is 7.41.